The summed E-state index contributed by atoms with van der Waals surface area (Å²) in [5.41, 5.74) is 1.07. The Hall–Kier alpha value is -1.95. The van der Waals surface area contributed by atoms with E-state index >= 15 is 0 Å². The molecule has 6 heteroatoms. The summed E-state index contributed by atoms with van der Waals surface area (Å²) in [7, 11) is 0. The Balaban J connectivity index is 1.50. The van der Waals surface area contributed by atoms with Crippen LogP contribution in [-0.4, -0.2) is 66.0 Å². The fourth-order valence-electron chi connectivity index (χ4n) is 3.40. The van der Waals surface area contributed by atoms with Crippen LogP contribution in [0.4, 0.5) is 0 Å². The molecule has 0 aromatic carbocycles. The molecular formula is C18H25N3O3. The van der Waals surface area contributed by atoms with E-state index in [1.807, 2.05) is 21.9 Å². The van der Waals surface area contributed by atoms with Crippen LogP contribution in [0.5, 0.6) is 0 Å². The van der Waals surface area contributed by atoms with Crippen LogP contribution in [0.15, 0.2) is 24.5 Å². The molecule has 0 radical (unpaired) electrons. The summed E-state index contributed by atoms with van der Waals surface area (Å²) in [6, 6.07) is 3.87. The normalized spacial score (nSPS) is 21.6. The van der Waals surface area contributed by atoms with E-state index in [1.54, 1.807) is 12.4 Å². The number of pyridine rings is 1. The van der Waals surface area contributed by atoms with Crippen LogP contribution in [0.3, 0.4) is 0 Å². The number of aryl methyl sites for hydroxylation is 1. The number of carbonyl (C=O) groups is 2. The number of aromatic nitrogens is 1. The lowest BCUT2D eigenvalue weighted by atomic mass is 9.95. The first-order valence-corrected chi connectivity index (χ1v) is 8.77. The van der Waals surface area contributed by atoms with E-state index in [0.717, 1.165) is 24.9 Å². The lowest BCUT2D eigenvalue weighted by Crippen LogP contribution is -2.49. The number of morpholine rings is 1. The van der Waals surface area contributed by atoms with Gasteiger partial charge in [0, 0.05) is 45.0 Å². The van der Waals surface area contributed by atoms with Crippen molar-refractivity contribution in [3.05, 3.63) is 30.1 Å². The van der Waals surface area contributed by atoms with E-state index < -0.39 is 0 Å². The predicted octanol–water partition coefficient (Wildman–Crippen LogP) is 1.11. The molecule has 1 unspecified atom stereocenters. The highest BCUT2D eigenvalue weighted by molar-refractivity contribution is 5.81. The van der Waals surface area contributed by atoms with Gasteiger partial charge < -0.3 is 14.5 Å². The maximum atomic E-state index is 12.6. The van der Waals surface area contributed by atoms with Gasteiger partial charge >= 0.3 is 0 Å². The smallest absolute Gasteiger partial charge is 0.227 e. The molecule has 1 atom stereocenters. The van der Waals surface area contributed by atoms with Gasteiger partial charge in [0.15, 0.2) is 0 Å². The maximum absolute atomic E-state index is 12.6. The molecule has 0 N–H and O–H groups in total. The van der Waals surface area contributed by atoms with E-state index in [2.05, 4.69) is 4.98 Å². The minimum atomic E-state index is -0.0563. The van der Waals surface area contributed by atoms with Gasteiger partial charge in [0.1, 0.15) is 0 Å². The zero-order valence-corrected chi connectivity index (χ0v) is 14.0. The number of carbonyl (C=O) groups excluding carboxylic acids is 2. The third-order valence-corrected chi connectivity index (χ3v) is 4.80. The Morgan fingerprint density at radius 1 is 1.21 bits per heavy atom. The fraction of sp³-hybridized carbons (Fsp3) is 0.611. The average molecular weight is 331 g/mol. The molecule has 2 amide bonds. The van der Waals surface area contributed by atoms with Gasteiger partial charge in [0.2, 0.25) is 11.8 Å². The average Bonchev–Trinajstić information content (AvgIpc) is 2.67. The van der Waals surface area contributed by atoms with E-state index in [-0.39, 0.29) is 17.7 Å². The van der Waals surface area contributed by atoms with Crippen molar-refractivity contribution in [2.24, 2.45) is 5.92 Å². The quantitative estimate of drug-likeness (QED) is 0.829. The largest absolute Gasteiger partial charge is 0.378 e. The zero-order chi connectivity index (χ0) is 16.8. The first-order chi connectivity index (χ1) is 11.7. The van der Waals surface area contributed by atoms with Crippen LogP contribution in [0.1, 0.15) is 24.8 Å². The number of piperidine rings is 1. The molecule has 1 aromatic rings. The van der Waals surface area contributed by atoms with Gasteiger partial charge in [0.05, 0.1) is 19.1 Å². The number of amides is 2. The molecule has 6 nitrogen and oxygen atoms in total. The molecular weight excluding hydrogens is 306 g/mol. The van der Waals surface area contributed by atoms with Gasteiger partial charge in [-0.1, -0.05) is 6.07 Å². The van der Waals surface area contributed by atoms with Crippen molar-refractivity contribution in [3.8, 4) is 0 Å². The summed E-state index contributed by atoms with van der Waals surface area (Å²) in [6.45, 7) is 3.90. The maximum Gasteiger partial charge on any atom is 0.227 e. The predicted molar refractivity (Wildman–Crippen MR) is 89.3 cm³/mol. The summed E-state index contributed by atoms with van der Waals surface area (Å²) in [4.78, 5) is 32.9. The van der Waals surface area contributed by atoms with Crippen molar-refractivity contribution < 1.29 is 14.3 Å². The van der Waals surface area contributed by atoms with Gasteiger partial charge in [-0.05, 0) is 30.9 Å². The highest BCUT2D eigenvalue weighted by Crippen LogP contribution is 2.20. The van der Waals surface area contributed by atoms with E-state index in [4.69, 9.17) is 4.74 Å². The third-order valence-electron chi connectivity index (χ3n) is 4.80. The van der Waals surface area contributed by atoms with Gasteiger partial charge in [-0.25, -0.2) is 0 Å². The molecule has 2 saturated heterocycles. The van der Waals surface area contributed by atoms with Crippen LogP contribution >= 0.6 is 0 Å². The SMILES string of the molecule is O=C(CCc1cccnc1)N1CCCC(C(=O)N2CCOCC2)C1. The Morgan fingerprint density at radius 2 is 2.04 bits per heavy atom. The van der Waals surface area contributed by atoms with Crippen LogP contribution in [0.2, 0.25) is 0 Å². The number of likely N-dealkylation sites (tertiary alicyclic amines) is 1. The van der Waals surface area contributed by atoms with Crippen molar-refractivity contribution in [1.82, 2.24) is 14.8 Å². The van der Waals surface area contributed by atoms with E-state index in [9.17, 15) is 9.59 Å². The summed E-state index contributed by atoms with van der Waals surface area (Å²) in [6.07, 6.45) is 6.49. The second kappa shape index (κ2) is 8.24. The van der Waals surface area contributed by atoms with Crippen LogP contribution in [0, 0.1) is 5.92 Å². The Bertz CT molecular complexity index is 558. The van der Waals surface area contributed by atoms with Crippen LogP contribution in [-0.2, 0) is 20.7 Å². The summed E-state index contributed by atoms with van der Waals surface area (Å²) in [5, 5.41) is 0. The van der Waals surface area contributed by atoms with E-state index in [0.29, 0.717) is 45.7 Å². The topological polar surface area (TPSA) is 62.7 Å². The molecule has 0 spiro atoms. The number of hydrogen-bond acceptors (Lipinski definition) is 4. The van der Waals surface area contributed by atoms with E-state index in [1.165, 1.54) is 0 Å². The molecule has 0 bridgehead atoms. The van der Waals surface area contributed by atoms with Crippen molar-refractivity contribution in [1.29, 1.82) is 0 Å². The van der Waals surface area contributed by atoms with Gasteiger partial charge in [0.25, 0.3) is 0 Å². The summed E-state index contributed by atoms with van der Waals surface area (Å²) >= 11 is 0. The van der Waals surface area contributed by atoms with Gasteiger partial charge in [-0.3, -0.25) is 14.6 Å². The third kappa shape index (κ3) is 4.32. The van der Waals surface area contributed by atoms with Gasteiger partial charge in [-0.15, -0.1) is 0 Å². The lowest BCUT2D eigenvalue weighted by Gasteiger charge is -2.36. The van der Waals surface area contributed by atoms with Crippen molar-refractivity contribution >= 4 is 11.8 Å². The number of hydrogen-bond donors (Lipinski definition) is 0. The number of rotatable bonds is 4. The Labute approximate surface area is 142 Å². The molecule has 0 aliphatic carbocycles. The minimum Gasteiger partial charge on any atom is -0.378 e. The number of nitrogens with zero attached hydrogens (tertiary/aromatic N) is 3. The fourth-order valence-corrected chi connectivity index (χ4v) is 3.40. The summed E-state index contributed by atoms with van der Waals surface area (Å²) < 4.78 is 5.31. The summed E-state index contributed by atoms with van der Waals surface area (Å²) in [5.74, 6) is 0.264. The standard InChI is InChI=1S/C18H25N3O3/c22-17(6-5-15-3-1-7-19-13-15)21-8-2-4-16(14-21)18(23)20-9-11-24-12-10-20/h1,3,7,13,16H,2,4-6,8-12,14H2. The van der Waals surface area contributed by atoms with Crippen molar-refractivity contribution in [2.75, 3.05) is 39.4 Å². The van der Waals surface area contributed by atoms with Crippen molar-refractivity contribution in [3.63, 3.8) is 0 Å². The van der Waals surface area contributed by atoms with Crippen LogP contribution in [0.25, 0.3) is 0 Å². The van der Waals surface area contributed by atoms with Crippen molar-refractivity contribution in [2.45, 2.75) is 25.7 Å². The molecule has 0 saturated carbocycles. The minimum absolute atomic E-state index is 0.0563. The molecule has 130 valence electrons. The first kappa shape index (κ1) is 16.9. The van der Waals surface area contributed by atoms with Gasteiger partial charge in [-0.2, -0.15) is 0 Å². The number of ether oxygens (including phenoxy) is 1. The molecule has 3 rings (SSSR count). The van der Waals surface area contributed by atoms with Crippen LogP contribution < -0.4 is 0 Å². The second-order valence-electron chi connectivity index (χ2n) is 6.48. The lowest BCUT2D eigenvalue weighted by molar-refractivity contribution is -0.144. The molecule has 24 heavy (non-hydrogen) atoms. The molecule has 2 aliphatic heterocycles. The molecule has 2 fully saturated rings. The zero-order valence-electron chi connectivity index (χ0n) is 14.0. The highest BCUT2D eigenvalue weighted by atomic mass is 16.5. The Kier molecular flexibility index (Phi) is 5.80. The Morgan fingerprint density at radius 3 is 2.79 bits per heavy atom. The monoisotopic (exact) mass is 331 g/mol. The molecule has 2 aliphatic rings. The first-order valence-electron chi connectivity index (χ1n) is 8.77. The molecule has 3 heterocycles. The second-order valence-corrected chi connectivity index (χ2v) is 6.48. The molecule has 1 aromatic heterocycles. The highest BCUT2D eigenvalue weighted by Gasteiger charge is 2.31.